The van der Waals surface area contributed by atoms with Gasteiger partial charge in [0.1, 0.15) is 5.65 Å². The monoisotopic (exact) mass is 338 g/mol. The smallest absolute Gasteiger partial charge is 0.200 e. The normalized spacial score (nSPS) is 12.8. The minimum Gasteiger partial charge on any atom is -0.339 e. The molecule has 1 aromatic carbocycles. The van der Waals surface area contributed by atoms with E-state index >= 15 is 0 Å². The van der Waals surface area contributed by atoms with Crippen LogP contribution < -0.4 is 5.43 Å². The largest absolute Gasteiger partial charge is 0.339 e. The molecule has 4 aromatic rings. The van der Waals surface area contributed by atoms with Gasteiger partial charge in [0, 0.05) is 33.5 Å². The third-order valence-electron chi connectivity index (χ3n) is 3.97. The number of aromatic nitrogens is 4. The Bertz CT molecular complexity index is 1160. The van der Waals surface area contributed by atoms with Gasteiger partial charge < -0.3 is 4.98 Å². The van der Waals surface area contributed by atoms with Crippen LogP contribution >= 0.6 is 0 Å². The molecule has 0 fully saturated rings. The fourth-order valence-corrected chi connectivity index (χ4v) is 3.36. The van der Waals surface area contributed by atoms with Crippen LogP contribution in [-0.4, -0.2) is 30.2 Å². The summed E-state index contributed by atoms with van der Waals surface area (Å²) >= 11 is 0. The number of benzene rings is 1. The van der Waals surface area contributed by atoms with Crippen molar-refractivity contribution in [1.29, 1.82) is 0 Å². The second kappa shape index (κ2) is 5.38. The number of nitrogens with one attached hydrogen (secondary N) is 1. The summed E-state index contributed by atoms with van der Waals surface area (Å²) in [4.78, 5) is 21.1. The van der Waals surface area contributed by atoms with Crippen LogP contribution in [0.4, 0.5) is 0 Å². The number of hydrogen-bond donors (Lipinski definition) is 1. The van der Waals surface area contributed by atoms with Crippen molar-refractivity contribution < 1.29 is 4.21 Å². The zero-order valence-electron chi connectivity index (χ0n) is 13.1. The Morgan fingerprint density at radius 2 is 2.04 bits per heavy atom. The Morgan fingerprint density at radius 1 is 1.21 bits per heavy atom. The first kappa shape index (κ1) is 14.8. The third kappa shape index (κ3) is 2.16. The Morgan fingerprint density at radius 3 is 2.75 bits per heavy atom. The zero-order valence-corrected chi connectivity index (χ0v) is 13.9. The van der Waals surface area contributed by atoms with Crippen LogP contribution in [0, 0.1) is 6.92 Å². The molecule has 6 nitrogen and oxygen atoms in total. The molecule has 24 heavy (non-hydrogen) atoms. The number of fused-ring (bicyclic) bond motifs is 2. The summed E-state index contributed by atoms with van der Waals surface area (Å²) in [5.41, 5.74) is 1.79. The molecule has 0 spiro atoms. The van der Waals surface area contributed by atoms with Crippen molar-refractivity contribution in [3.63, 3.8) is 0 Å². The third-order valence-corrected chi connectivity index (χ3v) is 4.89. The van der Waals surface area contributed by atoms with E-state index in [1.807, 2.05) is 18.2 Å². The van der Waals surface area contributed by atoms with Crippen LogP contribution in [0.5, 0.6) is 0 Å². The van der Waals surface area contributed by atoms with Crippen molar-refractivity contribution in [2.24, 2.45) is 0 Å². The molecule has 0 aliphatic heterocycles. The number of hydrogen-bond acceptors (Lipinski definition) is 4. The van der Waals surface area contributed by atoms with Gasteiger partial charge >= 0.3 is 0 Å². The van der Waals surface area contributed by atoms with E-state index in [1.165, 1.54) is 0 Å². The van der Waals surface area contributed by atoms with Gasteiger partial charge in [-0.2, -0.15) is 9.78 Å². The molecule has 0 saturated heterocycles. The second-order valence-corrected chi connectivity index (χ2v) is 6.90. The predicted octanol–water partition coefficient (Wildman–Crippen LogP) is 2.31. The van der Waals surface area contributed by atoms with E-state index in [0.717, 1.165) is 0 Å². The zero-order chi connectivity index (χ0) is 16.8. The van der Waals surface area contributed by atoms with E-state index in [-0.39, 0.29) is 5.43 Å². The predicted molar refractivity (Wildman–Crippen MR) is 94.1 cm³/mol. The molecular weight excluding hydrogens is 324 g/mol. The van der Waals surface area contributed by atoms with E-state index in [4.69, 9.17) is 0 Å². The lowest BCUT2D eigenvalue weighted by Gasteiger charge is -2.05. The lowest BCUT2D eigenvalue weighted by atomic mass is 10.1. The van der Waals surface area contributed by atoms with Gasteiger partial charge in [0.2, 0.25) is 5.43 Å². The van der Waals surface area contributed by atoms with E-state index in [9.17, 15) is 9.00 Å². The topological polar surface area (TPSA) is 80.6 Å². The van der Waals surface area contributed by atoms with Gasteiger partial charge in [-0.3, -0.25) is 9.00 Å². The van der Waals surface area contributed by atoms with Gasteiger partial charge in [0.15, 0.2) is 5.82 Å². The molecule has 1 N–H and O–H groups in total. The second-order valence-electron chi connectivity index (χ2n) is 5.52. The highest BCUT2D eigenvalue weighted by molar-refractivity contribution is 7.84. The summed E-state index contributed by atoms with van der Waals surface area (Å²) in [6, 6.07) is 10.7. The quantitative estimate of drug-likeness (QED) is 0.608. The highest BCUT2D eigenvalue weighted by Crippen LogP contribution is 2.21. The molecule has 120 valence electrons. The molecule has 0 saturated carbocycles. The van der Waals surface area contributed by atoms with Gasteiger partial charge in [-0.05, 0) is 37.3 Å². The van der Waals surface area contributed by atoms with Gasteiger partial charge in [0.25, 0.3) is 0 Å². The number of pyridine rings is 2. The maximum absolute atomic E-state index is 12.9. The Hall–Kier alpha value is -2.80. The molecule has 1 unspecified atom stereocenters. The summed E-state index contributed by atoms with van der Waals surface area (Å²) in [5.74, 6) is 0.636. The van der Waals surface area contributed by atoms with Gasteiger partial charge in [-0.25, -0.2) is 4.98 Å². The van der Waals surface area contributed by atoms with Crippen molar-refractivity contribution in [3.05, 3.63) is 58.5 Å². The summed E-state index contributed by atoms with van der Waals surface area (Å²) < 4.78 is 13.3. The maximum atomic E-state index is 12.9. The molecule has 0 aliphatic rings. The van der Waals surface area contributed by atoms with Crippen LogP contribution in [0.1, 0.15) is 5.69 Å². The van der Waals surface area contributed by atoms with Crippen LogP contribution in [0.2, 0.25) is 0 Å². The SMILES string of the molecule is Cc1nn(-c2ccccn2)c2[nH]c3ccc(S(C)=O)cc3c(=O)c12. The molecular formula is C17H14N4O2S. The van der Waals surface area contributed by atoms with Crippen LogP contribution in [0.25, 0.3) is 27.8 Å². The average Bonchev–Trinajstić information content (AvgIpc) is 2.92. The first-order valence-electron chi connectivity index (χ1n) is 7.36. The van der Waals surface area contributed by atoms with Crippen molar-refractivity contribution in [2.45, 2.75) is 11.8 Å². The highest BCUT2D eigenvalue weighted by Gasteiger charge is 2.16. The highest BCUT2D eigenvalue weighted by atomic mass is 32.2. The minimum atomic E-state index is -1.14. The molecule has 3 aromatic heterocycles. The van der Waals surface area contributed by atoms with Gasteiger partial charge in [0.05, 0.1) is 16.6 Å². The number of aromatic amines is 1. The van der Waals surface area contributed by atoms with Gasteiger partial charge in [-0.1, -0.05) is 6.07 Å². The van der Waals surface area contributed by atoms with E-state index in [2.05, 4.69) is 15.1 Å². The molecule has 4 rings (SSSR count). The van der Waals surface area contributed by atoms with E-state index in [0.29, 0.717) is 38.3 Å². The fraction of sp³-hybridized carbons (Fsp3) is 0.118. The summed E-state index contributed by atoms with van der Waals surface area (Å²) in [6.07, 6.45) is 3.28. The van der Waals surface area contributed by atoms with Crippen LogP contribution in [-0.2, 0) is 10.8 Å². The Labute approximate surface area is 139 Å². The lowest BCUT2D eigenvalue weighted by Crippen LogP contribution is -2.07. The molecule has 0 bridgehead atoms. The average molecular weight is 338 g/mol. The molecule has 7 heteroatoms. The van der Waals surface area contributed by atoms with Crippen molar-refractivity contribution in [3.8, 4) is 5.82 Å². The fourth-order valence-electron chi connectivity index (χ4n) is 2.82. The molecule has 0 radical (unpaired) electrons. The molecule has 1 atom stereocenters. The standard InChI is InChI=1S/C17H14N4O2S/c1-10-15-16(22)12-9-11(24(2)23)6-7-13(12)19-17(15)21(20-10)14-5-3-4-8-18-14/h3-9H,1-2H3,(H,19,22). The summed E-state index contributed by atoms with van der Waals surface area (Å²) in [6.45, 7) is 1.80. The van der Waals surface area contributed by atoms with Crippen molar-refractivity contribution >= 4 is 32.7 Å². The van der Waals surface area contributed by atoms with Crippen molar-refractivity contribution in [1.82, 2.24) is 19.7 Å². The first-order chi connectivity index (χ1) is 11.6. The summed E-state index contributed by atoms with van der Waals surface area (Å²) in [7, 11) is -1.14. The minimum absolute atomic E-state index is 0.120. The molecule has 0 aliphatic carbocycles. The van der Waals surface area contributed by atoms with Crippen molar-refractivity contribution in [2.75, 3.05) is 6.26 Å². The van der Waals surface area contributed by atoms with Crippen LogP contribution in [0.15, 0.2) is 52.3 Å². The Balaban J connectivity index is 2.11. The number of H-pyrrole nitrogens is 1. The van der Waals surface area contributed by atoms with Gasteiger partial charge in [-0.15, -0.1) is 0 Å². The number of rotatable bonds is 2. The van der Waals surface area contributed by atoms with Crippen LogP contribution in [0.3, 0.4) is 0 Å². The summed E-state index contributed by atoms with van der Waals surface area (Å²) in [5, 5.41) is 5.50. The maximum Gasteiger partial charge on any atom is 0.200 e. The lowest BCUT2D eigenvalue weighted by molar-refractivity contribution is 0.687. The van der Waals surface area contributed by atoms with E-state index in [1.54, 1.807) is 42.3 Å². The Kier molecular flexibility index (Phi) is 3.31. The number of nitrogens with zero attached hydrogens (tertiary/aromatic N) is 3. The molecule has 3 heterocycles. The molecule has 0 amide bonds. The number of aryl methyl sites for hydroxylation is 1. The first-order valence-corrected chi connectivity index (χ1v) is 8.92. The van der Waals surface area contributed by atoms with E-state index < -0.39 is 10.8 Å².